The van der Waals surface area contributed by atoms with E-state index in [1.807, 2.05) is 13.0 Å². The lowest BCUT2D eigenvalue weighted by Gasteiger charge is -2.34. The molecule has 1 amide bonds. The van der Waals surface area contributed by atoms with Gasteiger partial charge in [-0.15, -0.1) is 0 Å². The Morgan fingerprint density at radius 3 is 2.41 bits per heavy atom. The number of benzene rings is 2. The highest BCUT2D eigenvalue weighted by Gasteiger charge is 2.23. The number of hydrogen-bond acceptors (Lipinski definition) is 3. The van der Waals surface area contributed by atoms with Crippen molar-refractivity contribution < 1.29 is 9.18 Å². The Kier molecular flexibility index (Phi) is 5.20. The summed E-state index contributed by atoms with van der Waals surface area (Å²) in [6, 6.07) is 11.8. The van der Waals surface area contributed by atoms with Crippen LogP contribution in [0.5, 0.6) is 0 Å². The number of carbonyl (C=O) groups excluding carboxylic acids is 1. The van der Waals surface area contributed by atoms with E-state index in [9.17, 15) is 14.0 Å². The predicted molar refractivity (Wildman–Crippen MR) is 112 cm³/mol. The zero-order valence-electron chi connectivity index (χ0n) is 16.7. The Bertz CT molecular complexity index is 1110. The standard InChI is InChI=1S/C23H24FN3O2/c1-15-11-16(2)21-18(12-15)13-19(22(28)25-21)14-26-7-9-27(10-8-26)23(29)17-3-5-20(24)6-4-17/h3-6,11-13H,7-10,14H2,1-2H3,(H,25,28). The average Bonchev–Trinajstić information content (AvgIpc) is 2.70. The normalized spacial score (nSPS) is 15.1. The third-order valence-electron chi connectivity index (χ3n) is 5.51. The van der Waals surface area contributed by atoms with Crippen molar-refractivity contribution in [2.45, 2.75) is 20.4 Å². The van der Waals surface area contributed by atoms with Crippen LogP contribution in [0, 0.1) is 19.7 Å². The molecule has 0 saturated carbocycles. The lowest BCUT2D eigenvalue weighted by molar-refractivity contribution is 0.0628. The first-order chi connectivity index (χ1) is 13.9. The summed E-state index contributed by atoms with van der Waals surface area (Å²) in [5, 5.41) is 1.04. The van der Waals surface area contributed by atoms with Gasteiger partial charge in [0, 0.05) is 43.9 Å². The molecule has 29 heavy (non-hydrogen) atoms. The van der Waals surface area contributed by atoms with Gasteiger partial charge in [-0.05, 0) is 61.2 Å². The fourth-order valence-electron chi connectivity index (χ4n) is 3.97. The number of fused-ring (bicyclic) bond motifs is 1. The predicted octanol–water partition coefficient (Wildman–Crippen LogP) is 3.24. The molecule has 5 nitrogen and oxygen atoms in total. The molecule has 0 unspecified atom stereocenters. The third kappa shape index (κ3) is 4.07. The van der Waals surface area contributed by atoms with Gasteiger partial charge in [0.25, 0.3) is 11.5 Å². The molecule has 0 spiro atoms. The number of pyridine rings is 1. The van der Waals surface area contributed by atoms with Gasteiger partial charge < -0.3 is 9.88 Å². The van der Waals surface area contributed by atoms with Crippen LogP contribution < -0.4 is 5.56 Å². The SMILES string of the molecule is Cc1cc(C)c2[nH]c(=O)c(CN3CCN(C(=O)c4ccc(F)cc4)CC3)cc2c1. The van der Waals surface area contributed by atoms with Gasteiger partial charge in [0.15, 0.2) is 0 Å². The molecule has 1 aromatic heterocycles. The van der Waals surface area contributed by atoms with Gasteiger partial charge in [-0.1, -0.05) is 11.6 Å². The summed E-state index contributed by atoms with van der Waals surface area (Å²) in [4.78, 5) is 32.1. The maximum Gasteiger partial charge on any atom is 0.253 e. The zero-order chi connectivity index (χ0) is 20.5. The topological polar surface area (TPSA) is 56.4 Å². The van der Waals surface area contributed by atoms with E-state index >= 15 is 0 Å². The number of hydrogen-bond donors (Lipinski definition) is 1. The van der Waals surface area contributed by atoms with E-state index in [0.717, 1.165) is 22.0 Å². The molecule has 3 aromatic rings. The van der Waals surface area contributed by atoms with E-state index in [-0.39, 0.29) is 17.3 Å². The van der Waals surface area contributed by atoms with Crippen LogP contribution in [0.1, 0.15) is 27.0 Å². The van der Waals surface area contributed by atoms with Gasteiger partial charge in [0.1, 0.15) is 5.82 Å². The third-order valence-corrected chi connectivity index (χ3v) is 5.51. The van der Waals surface area contributed by atoms with Gasteiger partial charge in [-0.2, -0.15) is 0 Å². The van der Waals surface area contributed by atoms with Crippen molar-refractivity contribution >= 4 is 16.8 Å². The monoisotopic (exact) mass is 393 g/mol. The summed E-state index contributed by atoms with van der Waals surface area (Å²) < 4.78 is 13.1. The van der Waals surface area contributed by atoms with Gasteiger partial charge in [-0.25, -0.2) is 4.39 Å². The number of piperazine rings is 1. The van der Waals surface area contributed by atoms with Crippen LogP contribution in [-0.2, 0) is 6.54 Å². The van der Waals surface area contributed by atoms with E-state index in [1.165, 1.54) is 29.8 Å². The van der Waals surface area contributed by atoms with Crippen LogP contribution in [0.15, 0.2) is 47.3 Å². The van der Waals surface area contributed by atoms with E-state index < -0.39 is 0 Å². The Hall–Kier alpha value is -2.99. The minimum absolute atomic E-state index is 0.0609. The molecule has 0 atom stereocenters. The Balaban J connectivity index is 1.44. The van der Waals surface area contributed by atoms with Crippen LogP contribution in [0.3, 0.4) is 0 Å². The number of H-pyrrole nitrogens is 1. The quantitative estimate of drug-likeness (QED) is 0.743. The van der Waals surface area contributed by atoms with Crippen molar-refractivity contribution in [1.82, 2.24) is 14.8 Å². The minimum Gasteiger partial charge on any atom is -0.336 e. The molecule has 1 aliphatic heterocycles. The lowest BCUT2D eigenvalue weighted by Crippen LogP contribution is -2.48. The number of rotatable bonds is 3. The molecule has 0 radical (unpaired) electrons. The summed E-state index contributed by atoms with van der Waals surface area (Å²) in [6.45, 7) is 7.15. The van der Waals surface area contributed by atoms with Crippen molar-refractivity contribution in [3.63, 3.8) is 0 Å². The van der Waals surface area contributed by atoms with Crippen molar-refractivity contribution in [3.8, 4) is 0 Å². The number of amides is 1. The molecule has 2 heterocycles. The number of aryl methyl sites for hydroxylation is 2. The second-order valence-corrected chi connectivity index (χ2v) is 7.74. The van der Waals surface area contributed by atoms with Crippen LogP contribution in [0.4, 0.5) is 4.39 Å². The van der Waals surface area contributed by atoms with Crippen molar-refractivity contribution in [1.29, 1.82) is 0 Å². The highest BCUT2D eigenvalue weighted by Crippen LogP contribution is 2.19. The lowest BCUT2D eigenvalue weighted by atomic mass is 10.0. The second-order valence-electron chi connectivity index (χ2n) is 7.74. The van der Waals surface area contributed by atoms with Gasteiger partial charge >= 0.3 is 0 Å². The molecule has 6 heteroatoms. The molecule has 4 rings (SSSR count). The maximum absolute atomic E-state index is 13.1. The molecule has 0 aliphatic carbocycles. The highest BCUT2D eigenvalue weighted by molar-refractivity contribution is 5.94. The van der Waals surface area contributed by atoms with Crippen LogP contribution in [0.2, 0.25) is 0 Å². The smallest absolute Gasteiger partial charge is 0.253 e. The summed E-state index contributed by atoms with van der Waals surface area (Å²) in [6.07, 6.45) is 0. The molecule has 2 aromatic carbocycles. The van der Waals surface area contributed by atoms with E-state index in [4.69, 9.17) is 0 Å². The summed E-state index contributed by atoms with van der Waals surface area (Å²) in [5.74, 6) is -0.434. The first-order valence-corrected chi connectivity index (χ1v) is 9.81. The number of halogens is 1. The van der Waals surface area contributed by atoms with E-state index in [0.29, 0.717) is 38.3 Å². The summed E-state index contributed by atoms with van der Waals surface area (Å²) in [7, 11) is 0. The zero-order valence-corrected chi connectivity index (χ0v) is 16.7. The fraction of sp³-hybridized carbons (Fsp3) is 0.304. The Labute approximate surface area is 168 Å². The number of aromatic amines is 1. The van der Waals surface area contributed by atoms with Gasteiger partial charge in [-0.3, -0.25) is 14.5 Å². The minimum atomic E-state index is -0.350. The molecular formula is C23H24FN3O2. The molecule has 1 fully saturated rings. The van der Waals surface area contributed by atoms with Gasteiger partial charge in [0.2, 0.25) is 0 Å². The summed E-state index contributed by atoms with van der Waals surface area (Å²) >= 11 is 0. The average molecular weight is 393 g/mol. The largest absolute Gasteiger partial charge is 0.336 e. The molecule has 1 N–H and O–H groups in total. The van der Waals surface area contributed by atoms with Crippen molar-refractivity contribution in [2.75, 3.05) is 26.2 Å². The van der Waals surface area contributed by atoms with Crippen LogP contribution in [0.25, 0.3) is 10.9 Å². The van der Waals surface area contributed by atoms with Crippen LogP contribution >= 0.6 is 0 Å². The molecule has 150 valence electrons. The number of aromatic nitrogens is 1. The maximum atomic E-state index is 13.1. The first-order valence-electron chi connectivity index (χ1n) is 9.81. The Morgan fingerprint density at radius 1 is 1.03 bits per heavy atom. The van der Waals surface area contributed by atoms with Gasteiger partial charge in [0.05, 0.1) is 5.52 Å². The fourth-order valence-corrected chi connectivity index (χ4v) is 3.97. The highest BCUT2D eigenvalue weighted by atomic mass is 19.1. The molecule has 1 aliphatic rings. The molecule has 1 saturated heterocycles. The Morgan fingerprint density at radius 2 is 1.72 bits per heavy atom. The molecule has 0 bridgehead atoms. The number of nitrogens with zero attached hydrogens (tertiary/aromatic N) is 2. The second kappa shape index (κ2) is 7.79. The van der Waals surface area contributed by atoms with E-state index in [2.05, 4.69) is 28.9 Å². The van der Waals surface area contributed by atoms with Crippen molar-refractivity contribution in [3.05, 3.63) is 80.9 Å². The number of nitrogens with one attached hydrogen (secondary N) is 1. The van der Waals surface area contributed by atoms with Crippen molar-refractivity contribution in [2.24, 2.45) is 0 Å². The summed E-state index contributed by atoms with van der Waals surface area (Å²) in [5.41, 5.74) is 4.29. The van der Waals surface area contributed by atoms with Crippen LogP contribution in [-0.4, -0.2) is 46.9 Å². The first kappa shape index (κ1) is 19.3. The van der Waals surface area contributed by atoms with E-state index in [1.54, 1.807) is 4.90 Å². The molecular weight excluding hydrogens is 369 g/mol. The number of carbonyl (C=O) groups is 1.